The summed E-state index contributed by atoms with van der Waals surface area (Å²) >= 11 is 7.72. The number of aryl methyl sites for hydroxylation is 1. The molecule has 0 saturated carbocycles. The van der Waals surface area contributed by atoms with Crippen LogP contribution in [0.2, 0.25) is 5.02 Å². The van der Waals surface area contributed by atoms with E-state index < -0.39 is 4.92 Å². The van der Waals surface area contributed by atoms with Crippen molar-refractivity contribution in [1.29, 1.82) is 5.26 Å². The van der Waals surface area contributed by atoms with Crippen LogP contribution in [0.5, 0.6) is 0 Å². The molecule has 1 aliphatic carbocycles. The maximum absolute atomic E-state index is 11.0. The number of rotatable bonds is 4. The summed E-state index contributed by atoms with van der Waals surface area (Å²) in [5, 5.41) is 21.6. The first-order chi connectivity index (χ1) is 13.6. The molecule has 0 bridgehead atoms. The maximum Gasteiger partial charge on any atom is 0.270 e. The first-order valence-corrected chi connectivity index (χ1v) is 9.89. The average Bonchev–Trinajstić information content (AvgIpc) is 3.30. The molecule has 0 radical (unpaired) electrons. The fourth-order valence-electron chi connectivity index (χ4n) is 3.26. The van der Waals surface area contributed by atoms with Crippen LogP contribution in [0.1, 0.15) is 34.6 Å². The highest BCUT2D eigenvalue weighted by molar-refractivity contribution is 7.16. The van der Waals surface area contributed by atoms with Gasteiger partial charge in [0.15, 0.2) is 0 Å². The average molecular weight is 412 g/mol. The minimum Gasteiger partial charge on any atom is -0.455 e. The molecule has 0 aliphatic heterocycles. The lowest BCUT2D eigenvalue weighted by molar-refractivity contribution is -0.384. The molecular weight excluding hydrogens is 398 g/mol. The molecule has 0 saturated heterocycles. The van der Waals surface area contributed by atoms with E-state index in [1.54, 1.807) is 29.7 Å². The van der Waals surface area contributed by atoms with Gasteiger partial charge >= 0.3 is 0 Å². The second kappa shape index (κ2) is 7.58. The monoisotopic (exact) mass is 411 g/mol. The van der Waals surface area contributed by atoms with E-state index in [4.69, 9.17) is 16.0 Å². The van der Waals surface area contributed by atoms with Gasteiger partial charge in [-0.05, 0) is 49.4 Å². The number of nitriles is 1. The zero-order chi connectivity index (χ0) is 19.7. The van der Waals surface area contributed by atoms with Crippen LogP contribution in [-0.2, 0) is 12.8 Å². The summed E-state index contributed by atoms with van der Waals surface area (Å²) in [5.41, 5.74) is 2.17. The van der Waals surface area contributed by atoms with E-state index in [9.17, 15) is 15.4 Å². The number of nitrogens with zero attached hydrogens (tertiary/aromatic N) is 3. The first kappa shape index (κ1) is 18.4. The summed E-state index contributed by atoms with van der Waals surface area (Å²) in [6.45, 7) is 0. The second-order valence-electron chi connectivity index (χ2n) is 6.38. The molecule has 0 unspecified atom stereocenters. The number of benzene rings is 1. The predicted molar refractivity (Wildman–Crippen MR) is 109 cm³/mol. The second-order valence-corrected chi connectivity index (χ2v) is 7.88. The zero-order valence-electron chi connectivity index (χ0n) is 14.6. The smallest absolute Gasteiger partial charge is 0.270 e. The van der Waals surface area contributed by atoms with Crippen LogP contribution in [0.3, 0.4) is 0 Å². The third kappa shape index (κ3) is 3.44. The molecule has 6 nitrogen and oxygen atoms in total. The van der Waals surface area contributed by atoms with Crippen molar-refractivity contribution in [3.05, 3.63) is 67.2 Å². The third-order valence-corrected chi connectivity index (χ3v) is 6.16. The minimum absolute atomic E-state index is 0.0613. The van der Waals surface area contributed by atoms with Crippen molar-refractivity contribution in [3.63, 3.8) is 0 Å². The molecule has 1 aromatic carbocycles. The molecular formula is C20H14ClN3O3S. The first-order valence-electron chi connectivity index (χ1n) is 8.69. The molecule has 3 aromatic rings. The number of halogens is 1. The van der Waals surface area contributed by atoms with E-state index >= 15 is 0 Å². The molecule has 4 rings (SSSR count). The van der Waals surface area contributed by atoms with E-state index in [1.165, 1.54) is 23.1 Å². The van der Waals surface area contributed by atoms with Gasteiger partial charge in [-0.3, -0.25) is 10.1 Å². The number of furan rings is 1. The van der Waals surface area contributed by atoms with Crippen molar-refractivity contribution in [1.82, 2.24) is 0 Å². The molecule has 28 heavy (non-hydrogen) atoms. The van der Waals surface area contributed by atoms with Crippen LogP contribution < -0.4 is 0 Å². The van der Waals surface area contributed by atoms with E-state index in [0.29, 0.717) is 32.7 Å². The minimum atomic E-state index is -0.479. The van der Waals surface area contributed by atoms with Crippen molar-refractivity contribution >= 4 is 39.8 Å². The fraction of sp³-hybridized carbons (Fsp3) is 0.200. The van der Waals surface area contributed by atoms with Gasteiger partial charge in [-0.2, -0.15) is 5.26 Å². The van der Waals surface area contributed by atoms with Crippen LogP contribution in [0.15, 0.2) is 39.7 Å². The Hall–Kier alpha value is -2.95. The summed E-state index contributed by atoms with van der Waals surface area (Å²) in [5.74, 6) is 0.897. The van der Waals surface area contributed by atoms with Crippen LogP contribution in [0.25, 0.3) is 11.3 Å². The molecule has 0 atom stereocenters. The van der Waals surface area contributed by atoms with E-state index in [1.807, 2.05) is 0 Å². The SMILES string of the molecule is N#Cc1c(/N=C/c2ccc(-c3cc([N+](=O)[O-])ccc3Cl)o2)sc2c1CCCC2. The lowest BCUT2D eigenvalue weighted by atomic mass is 9.96. The van der Waals surface area contributed by atoms with E-state index in [2.05, 4.69) is 11.1 Å². The van der Waals surface area contributed by atoms with Crippen LogP contribution in [0, 0.1) is 21.4 Å². The molecule has 2 heterocycles. The third-order valence-electron chi connectivity index (χ3n) is 4.63. The van der Waals surface area contributed by atoms with Crippen LogP contribution in [0.4, 0.5) is 10.7 Å². The molecule has 0 N–H and O–H groups in total. The summed E-state index contributed by atoms with van der Waals surface area (Å²) < 4.78 is 5.75. The maximum atomic E-state index is 11.0. The summed E-state index contributed by atoms with van der Waals surface area (Å²) in [7, 11) is 0. The molecule has 0 amide bonds. The van der Waals surface area contributed by atoms with Crippen LogP contribution >= 0.6 is 22.9 Å². The standard InChI is InChI=1S/C20H14ClN3O3S/c21-17-7-5-12(24(25)26)9-15(17)18-8-6-13(27-18)11-23-20-16(10-22)14-3-1-2-4-19(14)28-20/h5-9,11H,1-4H2/b23-11+. The quantitative estimate of drug-likeness (QED) is 0.296. The Morgan fingerprint density at radius 2 is 2.11 bits per heavy atom. The number of non-ortho nitro benzene ring substituents is 1. The van der Waals surface area contributed by atoms with E-state index in [-0.39, 0.29) is 5.69 Å². The van der Waals surface area contributed by atoms with Gasteiger partial charge < -0.3 is 4.42 Å². The number of thiophene rings is 1. The lowest BCUT2D eigenvalue weighted by Gasteiger charge is -2.09. The van der Waals surface area contributed by atoms with Crippen molar-refractivity contribution in [2.45, 2.75) is 25.7 Å². The summed E-state index contributed by atoms with van der Waals surface area (Å²) in [6.07, 6.45) is 5.74. The van der Waals surface area contributed by atoms with Crippen molar-refractivity contribution in [2.75, 3.05) is 0 Å². The number of fused-ring (bicyclic) bond motifs is 1. The van der Waals surface area contributed by atoms with Gasteiger partial charge in [-0.25, -0.2) is 4.99 Å². The molecule has 2 aromatic heterocycles. The van der Waals surface area contributed by atoms with Crippen LogP contribution in [-0.4, -0.2) is 11.1 Å². The number of hydrogen-bond acceptors (Lipinski definition) is 6. The summed E-state index contributed by atoms with van der Waals surface area (Å²) in [4.78, 5) is 16.2. The highest BCUT2D eigenvalue weighted by Gasteiger charge is 2.20. The van der Waals surface area contributed by atoms with E-state index in [0.717, 1.165) is 31.2 Å². The molecule has 1 aliphatic rings. The van der Waals surface area contributed by atoms with Gasteiger partial charge in [-0.1, -0.05) is 11.6 Å². The lowest BCUT2D eigenvalue weighted by Crippen LogP contribution is -1.99. The van der Waals surface area contributed by atoms with Gasteiger partial charge in [-0.15, -0.1) is 11.3 Å². The van der Waals surface area contributed by atoms with Crippen molar-refractivity contribution < 1.29 is 9.34 Å². The number of nitro benzene ring substituents is 1. The Balaban J connectivity index is 1.63. The highest BCUT2D eigenvalue weighted by Crippen LogP contribution is 2.39. The van der Waals surface area contributed by atoms with Crippen molar-refractivity contribution in [2.24, 2.45) is 4.99 Å². The molecule has 0 spiro atoms. The normalized spacial score (nSPS) is 13.4. The van der Waals surface area contributed by atoms with Gasteiger partial charge in [0.05, 0.1) is 21.7 Å². The Morgan fingerprint density at radius 1 is 1.29 bits per heavy atom. The number of hydrogen-bond donors (Lipinski definition) is 0. The fourth-order valence-corrected chi connectivity index (χ4v) is 4.66. The van der Waals surface area contributed by atoms with Gasteiger partial charge in [0, 0.05) is 22.6 Å². The predicted octanol–water partition coefficient (Wildman–Crippen LogP) is 6.07. The topological polar surface area (TPSA) is 92.4 Å². The Morgan fingerprint density at radius 3 is 2.89 bits per heavy atom. The number of aliphatic imine (C=N–C) groups is 1. The number of nitro groups is 1. The molecule has 8 heteroatoms. The summed E-state index contributed by atoms with van der Waals surface area (Å²) in [6, 6.07) is 9.88. The largest absolute Gasteiger partial charge is 0.455 e. The highest BCUT2D eigenvalue weighted by atomic mass is 35.5. The zero-order valence-corrected chi connectivity index (χ0v) is 16.2. The van der Waals surface area contributed by atoms with Gasteiger partial charge in [0.2, 0.25) is 0 Å². The van der Waals surface area contributed by atoms with Gasteiger partial charge in [0.25, 0.3) is 5.69 Å². The van der Waals surface area contributed by atoms with Gasteiger partial charge in [0.1, 0.15) is 22.6 Å². The molecule has 0 fully saturated rings. The Bertz CT molecular complexity index is 1140. The molecule has 140 valence electrons. The Kier molecular flexibility index (Phi) is 4.99. The van der Waals surface area contributed by atoms with Crippen molar-refractivity contribution in [3.8, 4) is 17.4 Å². The Labute approximate surface area is 169 Å².